The Hall–Kier alpha value is -1.35. The molecule has 0 unspecified atom stereocenters. The van der Waals surface area contributed by atoms with Crippen molar-refractivity contribution in [1.29, 1.82) is 0 Å². The van der Waals surface area contributed by atoms with Crippen LogP contribution in [0.1, 0.15) is 88.3 Å². The van der Waals surface area contributed by atoms with Crippen molar-refractivity contribution in [1.82, 2.24) is 10.2 Å². The van der Waals surface area contributed by atoms with Crippen molar-refractivity contribution < 1.29 is 4.79 Å². The molecule has 4 rings (SSSR count). The fourth-order valence-corrected chi connectivity index (χ4v) is 5.85. The molecule has 1 spiro atoms. The second-order valence-electron chi connectivity index (χ2n) is 8.84. The summed E-state index contributed by atoms with van der Waals surface area (Å²) in [6, 6.07) is 9.94. The number of fused-ring (bicyclic) bond motifs is 2. The summed E-state index contributed by atoms with van der Waals surface area (Å²) >= 11 is 0. The van der Waals surface area contributed by atoms with Gasteiger partial charge in [-0.05, 0) is 68.2 Å². The fraction of sp³-hybridized carbons (Fsp3) is 0.696. The van der Waals surface area contributed by atoms with Crippen LogP contribution in [0.5, 0.6) is 0 Å². The van der Waals surface area contributed by atoms with Gasteiger partial charge in [0.15, 0.2) is 0 Å². The summed E-state index contributed by atoms with van der Waals surface area (Å²) in [6.45, 7) is 4.14. The first kappa shape index (κ1) is 18.0. The second kappa shape index (κ2) is 7.72. The zero-order chi connectivity index (χ0) is 18.0. The summed E-state index contributed by atoms with van der Waals surface area (Å²) in [5.74, 6) is 0.0870. The highest BCUT2D eigenvalue weighted by atomic mass is 16.1. The van der Waals surface area contributed by atoms with E-state index >= 15 is 0 Å². The monoisotopic (exact) mass is 354 g/mol. The molecule has 142 valence electrons. The molecule has 3 nitrogen and oxygen atoms in total. The molecule has 2 fully saturated rings. The van der Waals surface area contributed by atoms with E-state index in [0.717, 1.165) is 12.5 Å². The summed E-state index contributed by atoms with van der Waals surface area (Å²) < 4.78 is 0. The molecular formula is C23H34N2O. The van der Waals surface area contributed by atoms with Gasteiger partial charge in [-0.2, -0.15) is 0 Å². The predicted octanol–water partition coefficient (Wildman–Crippen LogP) is 4.71. The molecule has 0 aromatic heterocycles. The molecule has 1 N–H and O–H groups in total. The summed E-state index contributed by atoms with van der Waals surface area (Å²) in [5.41, 5.74) is 3.23. The maximum Gasteiger partial charge on any atom is 0.217 e. The summed E-state index contributed by atoms with van der Waals surface area (Å²) in [5, 5.41) is 3.18. The van der Waals surface area contributed by atoms with E-state index in [0.29, 0.717) is 5.41 Å². The first-order chi connectivity index (χ1) is 12.7. The van der Waals surface area contributed by atoms with E-state index in [2.05, 4.69) is 34.5 Å². The van der Waals surface area contributed by atoms with Crippen LogP contribution in [0.4, 0.5) is 0 Å². The van der Waals surface area contributed by atoms with Gasteiger partial charge in [-0.25, -0.2) is 0 Å². The molecule has 3 heteroatoms. The number of piperidine rings is 1. The molecule has 3 aliphatic rings. The van der Waals surface area contributed by atoms with Crippen LogP contribution in [-0.4, -0.2) is 29.9 Å². The van der Waals surface area contributed by atoms with Crippen LogP contribution in [-0.2, 0) is 10.2 Å². The molecule has 0 bridgehead atoms. The number of hydrogen-bond donors (Lipinski definition) is 1. The normalized spacial score (nSPS) is 26.9. The van der Waals surface area contributed by atoms with Gasteiger partial charge in [-0.1, -0.05) is 49.9 Å². The van der Waals surface area contributed by atoms with Gasteiger partial charge in [0.05, 0.1) is 6.04 Å². The van der Waals surface area contributed by atoms with Crippen LogP contribution in [0.2, 0.25) is 0 Å². The summed E-state index contributed by atoms with van der Waals surface area (Å²) in [6.07, 6.45) is 13.4. The second-order valence-corrected chi connectivity index (χ2v) is 8.84. The van der Waals surface area contributed by atoms with Crippen LogP contribution in [0, 0.1) is 0 Å². The van der Waals surface area contributed by atoms with Gasteiger partial charge >= 0.3 is 0 Å². The quantitative estimate of drug-likeness (QED) is 0.780. The van der Waals surface area contributed by atoms with Gasteiger partial charge in [0.25, 0.3) is 0 Å². The topological polar surface area (TPSA) is 32.3 Å². The first-order valence-electron chi connectivity index (χ1n) is 10.8. The van der Waals surface area contributed by atoms with Gasteiger partial charge in [-0.15, -0.1) is 0 Å². The predicted molar refractivity (Wildman–Crippen MR) is 106 cm³/mol. The zero-order valence-corrected chi connectivity index (χ0v) is 16.3. The van der Waals surface area contributed by atoms with Crippen LogP contribution in [0.3, 0.4) is 0 Å². The average Bonchev–Trinajstić information content (AvgIpc) is 2.94. The number of amides is 1. The molecule has 1 atom stereocenters. The third kappa shape index (κ3) is 3.55. The Kier molecular flexibility index (Phi) is 5.35. The van der Waals surface area contributed by atoms with Gasteiger partial charge in [-0.3, -0.25) is 4.79 Å². The molecule has 1 amide bonds. The number of nitrogens with one attached hydrogen (secondary N) is 1. The van der Waals surface area contributed by atoms with Crippen LogP contribution < -0.4 is 5.32 Å². The van der Waals surface area contributed by atoms with Gasteiger partial charge in [0.1, 0.15) is 0 Å². The number of nitrogens with zero attached hydrogens (tertiary/aromatic N) is 1. The molecule has 26 heavy (non-hydrogen) atoms. The SMILES string of the molecule is CC(=O)N[C@@H]1CCC2(CCN(C3CCCCCC3)CC2)c2ccccc21. The highest BCUT2D eigenvalue weighted by Gasteiger charge is 2.42. The summed E-state index contributed by atoms with van der Waals surface area (Å²) in [7, 11) is 0. The third-order valence-electron chi connectivity index (χ3n) is 7.29. The molecule has 1 aromatic carbocycles. The van der Waals surface area contributed by atoms with Crippen molar-refractivity contribution in [2.24, 2.45) is 0 Å². The molecule has 1 heterocycles. The van der Waals surface area contributed by atoms with Crippen LogP contribution >= 0.6 is 0 Å². The number of carbonyl (C=O) groups excluding carboxylic acids is 1. The number of hydrogen-bond acceptors (Lipinski definition) is 2. The number of carbonyl (C=O) groups is 1. The molecule has 1 aliphatic heterocycles. The Balaban J connectivity index is 1.50. The Morgan fingerprint density at radius 3 is 2.38 bits per heavy atom. The smallest absolute Gasteiger partial charge is 0.217 e. The Morgan fingerprint density at radius 1 is 1.00 bits per heavy atom. The van der Waals surface area contributed by atoms with E-state index in [1.165, 1.54) is 82.0 Å². The lowest BCUT2D eigenvalue weighted by molar-refractivity contribution is -0.119. The maximum atomic E-state index is 11.6. The Bertz CT molecular complexity index is 625. The van der Waals surface area contributed by atoms with Crippen molar-refractivity contribution in [3.8, 4) is 0 Å². The Morgan fingerprint density at radius 2 is 1.69 bits per heavy atom. The summed E-state index contributed by atoms with van der Waals surface area (Å²) in [4.78, 5) is 14.4. The van der Waals surface area contributed by atoms with Crippen molar-refractivity contribution in [2.75, 3.05) is 13.1 Å². The standard InChI is InChI=1S/C23H34N2O/c1-18(26)24-22-12-13-23(21-11-7-6-10-20(21)22)14-16-25(17-15-23)19-8-4-2-3-5-9-19/h6-7,10-11,19,22H,2-5,8-9,12-17H2,1H3,(H,24,26)/t22-/m1/s1. The van der Waals surface area contributed by atoms with Crippen LogP contribution in [0.15, 0.2) is 24.3 Å². The molecule has 1 saturated carbocycles. The lowest BCUT2D eigenvalue weighted by Crippen LogP contribution is -2.49. The van der Waals surface area contributed by atoms with Gasteiger partial charge in [0, 0.05) is 13.0 Å². The molecule has 0 radical (unpaired) electrons. The lowest BCUT2D eigenvalue weighted by Gasteiger charge is -2.48. The van der Waals surface area contributed by atoms with Gasteiger partial charge < -0.3 is 10.2 Å². The van der Waals surface area contributed by atoms with E-state index in [9.17, 15) is 4.79 Å². The van der Waals surface area contributed by atoms with Gasteiger partial charge in [0.2, 0.25) is 5.91 Å². The molecule has 1 saturated heterocycles. The van der Waals surface area contributed by atoms with Crippen molar-refractivity contribution >= 4 is 5.91 Å². The molecular weight excluding hydrogens is 320 g/mol. The Labute approximate surface area is 158 Å². The minimum absolute atomic E-state index is 0.0870. The largest absolute Gasteiger partial charge is 0.350 e. The molecule has 1 aromatic rings. The first-order valence-corrected chi connectivity index (χ1v) is 10.8. The third-order valence-corrected chi connectivity index (χ3v) is 7.29. The maximum absolute atomic E-state index is 11.6. The average molecular weight is 355 g/mol. The number of benzene rings is 1. The van der Waals surface area contributed by atoms with E-state index < -0.39 is 0 Å². The lowest BCUT2D eigenvalue weighted by atomic mass is 9.63. The van der Waals surface area contributed by atoms with Crippen molar-refractivity contribution in [2.45, 2.75) is 88.6 Å². The minimum Gasteiger partial charge on any atom is -0.350 e. The van der Waals surface area contributed by atoms with Crippen LogP contribution in [0.25, 0.3) is 0 Å². The minimum atomic E-state index is 0.0870. The highest BCUT2D eigenvalue weighted by Crippen LogP contribution is 2.48. The van der Waals surface area contributed by atoms with E-state index in [4.69, 9.17) is 0 Å². The van der Waals surface area contributed by atoms with Crippen molar-refractivity contribution in [3.05, 3.63) is 35.4 Å². The van der Waals surface area contributed by atoms with E-state index in [-0.39, 0.29) is 11.9 Å². The molecule has 2 aliphatic carbocycles. The highest BCUT2D eigenvalue weighted by molar-refractivity contribution is 5.73. The van der Waals surface area contributed by atoms with Crippen molar-refractivity contribution in [3.63, 3.8) is 0 Å². The number of likely N-dealkylation sites (tertiary alicyclic amines) is 1. The van der Waals surface area contributed by atoms with E-state index in [1.54, 1.807) is 6.92 Å². The number of rotatable bonds is 2. The zero-order valence-electron chi connectivity index (χ0n) is 16.3. The van der Waals surface area contributed by atoms with E-state index in [1.807, 2.05) is 0 Å². The fourth-order valence-electron chi connectivity index (χ4n) is 5.85.